The second-order valence-corrected chi connectivity index (χ2v) is 8.47. The quantitative estimate of drug-likeness (QED) is 0.568. The maximum absolute atomic E-state index is 12.8. The second kappa shape index (κ2) is 8.11. The number of carbonyl (C=O) groups excluding carboxylic acids is 2. The van der Waals surface area contributed by atoms with Crippen LogP contribution in [0.5, 0.6) is 0 Å². The van der Waals surface area contributed by atoms with Crippen LogP contribution in [-0.4, -0.2) is 18.9 Å². The Morgan fingerprint density at radius 1 is 1.00 bits per heavy atom. The van der Waals surface area contributed by atoms with Crippen LogP contribution in [0.25, 0.3) is 0 Å². The monoisotopic (exact) mass is 442 g/mol. The fourth-order valence-corrected chi connectivity index (χ4v) is 4.49. The average Bonchev–Trinajstić information content (AvgIpc) is 2.83. The topological polar surface area (TPSA) is 49.4 Å². The van der Waals surface area contributed by atoms with Gasteiger partial charge in [-0.3, -0.25) is 9.59 Å². The van der Waals surface area contributed by atoms with Crippen LogP contribution < -0.4 is 10.2 Å². The molecule has 4 nitrogen and oxygen atoms in total. The van der Waals surface area contributed by atoms with E-state index in [1.807, 2.05) is 36.4 Å². The molecule has 0 aromatic heterocycles. The van der Waals surface area contributed by atoms with Gasteiger partial charge in [0.05, 0.1) is 21.3 Å². The minimum Gasteiger partial charge on any atom is -0.348 e. The molecule has 1 heterocycles. The van der Waals surface area contributed by atoms with Crippen LogP contribution in [0.1, 0.15) is 26.3 Å². The zero-order valence-electron chi connectivity index (χ0n) is 15.4. The van der Waals surface area contributed by atoms with Gasteiger partial charge in [-0.05, 0) is 48.0 Å². The molecule has 0 atom stereocenters. The van der Waals surface area contributed by atoms with Gasteiger partial charge < -0.3 is 10.2 Å². The summed E-state index contributed by atoms with van der Waals surface area (Å²) in [4.78, 5) is 28.9. The van der Waals surface area contributed by atoms with Crippen LogP contribution in [-0.2, 0) is 6.54 Å². The second-order valence-electron chi connectivity index (χ2n) is 6.58. The van der Waals surface area contributed by atoms with E-state index in [1.54, 1.807) is 36.2 Å². The molecular formula is C22H16Cl2N2O2S. The number of amides is 2. The van der Waals surface area contributed by atoms with Crippen LogP contribution >= 0.6 is 35.0 Å². The molecule has 1 N–H and O–H groups in total. The number of rotatable bonds is 3. The van der Waals surface area contributed by atoms with E-state index >= 15 is 0 Å². The van der Waals surface area contributed by atoms with Gasteiger partial charge in [-0.25, -0.2) is 0 Å². The number of hydrogen-bond donors (Lipinski definition) is 1. The number of halogens is 2. The number of nitrogens with one attached hydrogen (secondary N) is 1. The van der Waals surface area contributed by atoms with Crippen molar-refractivity contribution in [2.75, 3.05) is 11.9 Å². The minimum atomic E-state index is -0.230. The third-order valence-corrected chi connectivity index (χ3v) is 6.54. The van der Waals surface area contributed by atoms with Crippen molar-refractivity contribution in [1.29, 1.82) is 0 Å². The van der Waals surface area contributed by atoms with Crippen LogP contribution in [0.2, 0.25) is 10.0 Å². The lowest BCUT2D eigenvalue weighted by Gasteiger charge is -2.18. The summed E-state index contributed by atoms with van der Waals surface area (Å²) in [6.07, 6.45) is 0. The van der Waals surface area contributed by atoms with Crippen molar-refractivity contribution in [2.45, 2.75) is 16.3 Å². The fraction of sp³-hybridized carbons (Fsp3) is 0.0909. The Morgan fingerprint density at radius 3 is 2.59 bits per heavy atom. The summed E-state index contributed by atoms with van der Waals surface area (Å²) in [5, 5.41) is 3.79. The summed E-state index contributed by atoms with van der Waals surface area (Å²) < 4.78 is 0. The zero-order valence-corrected chi connectivity index (χ0v) is 17.7. The molecule has 29 heavy (non-hydrogen) atoms. The Bertz CT molecular complexity index is 1130. The van der Waals surface area contributed by atoms with Crippen molar-refractivity contribution in [3.63, 3.8) is 0 Å². The van der Waals surface area contributed by atoms with E-state index in [0.29, 0.717) is 33.4 Å². The van der Waals surface area contributed by atoms with Crippen molar-refractivity contribution in [2.24, 2.45) is 0 Å². The standard InChI is InChI=1S/C22H16Cl2N2O2S/c1-26-18-11-14(21(27)25-12-13-6-8-16(23)17(24)10-13)7-9-20(18)29-19-5-3-2-4-15(19)22(26)28/h2-11H,12H2,1H3,(H,25,27). The molecule has 0 aliphatic carbocycles. The lowest BCUT2D eigenvalue weighted by molar-refractivity contribution is 0.0948. The lowest BCUT2D eigenvalue weighted by atomic mass is 10.1. The van der Waals surface area contributed by atoms with Gasteiger partial charge in [0.15, 0.2) is 0 Å². The third-order valence-electron chi connectivity index (χ3n) is 4.66. The Morgan fingerprint density at radius 2 is 1.79 bits per heavy atom. The molecule has 146 valence electrons. The molecule has 3 aromatic carbocycles. The predicted octanol–water partition coefficient (Wildman–Crippen LogP) is 5.66. The van der Waals surface area contributed by atoms with Gasteiger partial charge in [-0.2, -0.15) is 0 Å². The van der Waals surface area contributed by atoms with E-state index in [2.05, 4.69) is 5.32 Å². The number of fused-ring (bicyclic) bond motifs is 2. The van der Waals surface area contributed by atoms with Crippen molar-refractivity contribution >= 4 is 52.5 Å². The fourth-order valence-electron chi connectivity index (χ4n) is 3.08. The normalized spacial score (nSPS) is 12.8. The smallest absolute Gasteiger partial charge is 0.259 e. The molecule has 0 radical (unpaired) electrons. The Kier molecular flexibility index (Phi) is 5.54. The van der Waals surface area contributed by atoms with E-state index in [1.165, 1.54) is 11.8 Å². The molecule has 7 heteroatoms. The largest absolute Gasteiger partial charge is 0.348 e. The number of carbonyl (C=O) groups is 2. The Balaban J connectivity index is 1.57. The van der Waals surface area contributed by atoms with Crippen LogP contribution in [0, 0.1) is 0 Å². The molecule has 3 aromatic rings. The number of hydrogen-bond acceptors (Lipinski definition) is 3. The molecule has 1 aliphatic rings. The highest BCUT2D eigenvalue weighted by atomic mass is 35.5. The summed E-state index contributed by atoms with van der Waals surface area (Å²) in [5.74, 6) is -0.327. The number of benzene rings is 3. The summed E-state index contributed by atoms with van der Waals surface area (Å²) in [6, 6.07) is 18.1. The Hall–Kier alpha value is -2.47. The van der Waals surface area contributed by atoms with Crippen molar-refractivity contribution in [1.82, 2.24) is 5.32 Å². The Labute approximate surface area is 182 Å². The SMILES string of the molecule is CN1C(=O)c2ccccc2Sc2ccc(C(=O)NCc3ccc(Cl)c(Cl)c3)cc21. The van der Waals surface area contributed by atoms with E-state index in [9.17, 15) is 9.59 Å². The molecule has 2 amide bonds. The molecular weight excluding hydrogens is 427 g/mol. The van der Waals surface area contributed by atoms with Gasteiger partial charge in [0.2, 0.25) is 0 Å². The van der Waals surface area contributed by atoms with E-state index in [4.69, 9.17) is 23.2 Å². The molecule has 0 saturated heterocycles. The highest BCUT2D eigenvalue weighted by molar-refractivity contribution is 7.99. The van der Waals surface area contributed by atoms with Gasteiger partial charge in [0, 0.05) is 28.9 Å². The molecule has 0 unspecified atom stereocenters. The first-order valence-corrected chi connectivity index (χ1v) is 10.4. The van der Waals surface area contributed by atoms with Crippen molar-refractivity contribution in [3.8, 4) is 0 Å². The molecule has 0 saturated carbocycles. The third kappa shape index (κ3) is 3.99. The van der Waals surface area contributed by atoms with Crippen LogP contribution in [0.15, 0.2) is 70.5 Å². The summed E-state index contributed by atoms with van der Waals surface area (Å²) in [7, 11) is 1.72. The zero-order chi connectivity index (χ0) is 20.5. The van der Waals surface area contributed by atoms with Crippen molar-refractivity contribution in [3.05, 3.63) is 87.4 Å². The molecule has 0 spiro atoms. The molecule has 0 fully saturated rings. The van der Waals surface area contributed by atoms with Gasteiger partial charge in [0.25, 0.3) is 11.8 Å². The van der Waals surface area contributed by atoms with Gasteiger partial charge >= 0.3 is 0 Å². The maximum Gasteiger partial charge on any atom is 0.259 e. The van der Waals surface area contributed by atoms with Gasteiger partial charge in [0.1, 0.15) is 0 Å². The van der Waals surface area contributed by atoms with E-state index < -0.39 is 0 Å². The first-order chi connectivity index (χ1) is 13.9. The average molecular weight is 443 g/mol. The van der Waals surface area contributed by atoms with E-state index in [-0.39, 0.29) is 11.8 Å². The van der Waals surface area contributed by atoms with Crippen LogP contribution in [0.3, 0.4) is 0 Å². The van der Waals surface area contributed by atoms with E-state index in [0.717, 1.165) is 15.4 Å². The first kappa shape index (κ1) is 19.8. The molecule has 1 aliphatic heterocycles. The maximum atomic E-state index is 12.8. The summed E-state index contributed by atoms with van der Waals surface area (Å²) in [5.41, 5.74) is 2.69. The van der Waals surface area contributed by atoms with Gasteiger partial charge in [-0.1, -0.05) is 53.2 Å². The highest BCUT2D eigenvalue weighted by Gasteiger charge is 2.25. The van der Waals surface area contributed by atoms with Gasteiger partial charge in [-0.15, -0.1) is 0 Å². The molecule has 0 bridgehead atoms. The predicted molar refractivity (Wildman–Crippen MR) is 117 cm³/mol. The van der Waals surface area contributed by atoms with Crippen LogP contribution in [0.4, 0.5) is 5.69 Å². The highest BCUT2D eigenvalue weighted by Crippen LogP contribution is 2.41. The number of anilines is 1. The van der Waals surface area contributed by atoms with Crippen molar-refractivity contribution < 1.29 is 9.59 Å². The first-order valence-electron chi connectivity index (χ1n) is 8.85. The lowest BCUT2D eigenvalue weighted by Crippen LogP contribution is -2.27. The molecule has 4 rings (SSSR count). The number of nitrogens with zero attached hydrogens (tertiary/aromatic N) is 1. The minimum absolute atomic E-state index is 0.0970. The summed E-state index contributed by atoms with van der Waals surface area (Å²) in [6.45, 7) is 0.321. The summed E-state index contributed by atoms with van der Waals surface area (Å²) >= 11 is 13.5.